The predicted octanol–water partition coefficient (Wildman–Crippen LogP) is 3.33. The van der Waals surface area contributed by atoms with Crippen LogP contribution in [0.4, 0.5) is 4.39 Å². The van der Waals surface area contributed by atoms with Crippen molar-refractivity contribution in [3.8, 4) is 0 Å². The predicted molar refractivity (Wildman–Crippen MR) is 82.3 cm³/mol. The lowest BCUT2D eigenvalue weighted by atomic mass is 10.1. The fraction of sp³-hybridized carbons (Fsp3) is 0.375. The number of hydrogen-bond donors (Lipinski definition) is 0. The fourth-order valence-corrected chi connectivity index (χ4v) is 2.69. The summed E-state index contributed by atoms with van der Waals surface area (Å²) in [6, 6.07) is 4.73. The van der Waals surface area contributed by atoms with Crippen molar-refractivity contribution in [1.82, 2.24) is 14.7 Å². The van der Waals surface area contributed by atoms with E-state index in [4.69, 9.17) is 11.6 Å². The molecule has 1 aromatic carbocycles. The topological polar surface area (TPSA) is 38.1 Å². The zero-order chi connectivity index (χ0) is 15.9. The summed E-state index contributed by atoms with van der Waals surface area (Å²) < 4.78 is 15.7. The minimum Gasteiger partial charge on any atom is -0.331 e. The van der Waals surface area contributed by atoms with Gasteiger partial charge in [0.1, 0.15) is 5.82 Å². The van der Waals surface area contributed by atoms with Crippen LogP contribution in [0.3, 0.4) is 0 Å². The molecule has 0 atom stereocenters. The first-order valence-corrected chi connectivity index (χ1v) is 7.59. The first kappa shape index (κ1) is 15.0. The number of aromatic nitrogens is 2. The summed E-state index contributed by atoms with van der Waals surface area (Å²) in [5.41, 5.74) is 1.73. The molecule has 0 aliphatic heterocycles. The Bertz CT molecular complexity index is 704. The maximum absolute atomic E-state index is 14.0. The normalized spacial score (nSPS) is 14.2. The van der Waals surface area contributed by atoms with Crippen molar-refractivity contribution in [3.63, 3.8) is 0 Å². The fourth-order valence-electron chi connectivity index (χ4n) is 2.47. The summed E-state index contributed by atoms with van der Waals surface area (Å²) in [6.45, 7) is 2.03. The maximum Gasteiger partial charge on any atom is 0.257 e. The van der Waals surface area contributed by atoms with Gasteiger partial charge in [0.15, 0.2) is 0 Å². The lowest BCUT2D eigenvalue weighted by Crippen LogP contribution is -2.33. The molecule has 0 bridgehead atoms. The Balaban J connectivity index is 1.91. The zero-order valence-corrected chi connectivity index (χ0v) is 13.3. The minimum atomic E-state index is -0.381. The highest BCUT2D eigenvalue weighted by molar-refractivity contribution is 6.31. The molecule has 0 saturated heterocycles. The molecule has 22 heavy (non-hydrogen) atoms. The molecule has 2 aromatic rings. The van der Waals surface area contributed by atoms with E-state index in [2.05, 4.69) is 5.10 Å². The highest BCUT2D eigenvalue weighted by Crippen LogP contribution is 2.32. The van der Waals surface area contributed by atoms with Crippen LogP contribution in [0.5, 0.6) is 0 Å². The molecule has 1 heterocycles. The van der Waals surface area contributed by atoms with Gasteiger partial charge in [-0.25, -0.2) is 4.39 Å². The molecule has 0 spiro atoms. The van der Waals surface area contributed by atoms with E-state index < -0.39 is 0 Å². The summed E-state index contributed by atoms with van der Waals surface area (Å²) in [7, 11) is 1.79. The molecule has 0 N–H and O–H groups in total. The van der Waals surface area contributed by atoms with Crippen LogP contribution < -0.4 is 0 Å². The Labute approximate surface area is 133 Å². The first-order chi connectivity index (χ1) is 10.5. The first-order valence-electron chi connectivity index (χ1n) is 7.21. The zero-order valence-electron chi connectivity index (χ0n) is 12.5. The average molecular weight is 322 g/mol. The third-order valence-electron chi connectivity index (χ3n) is 4.10. The minimum absolute atomic E-state index is 0.118. The number of carbonyl (C=O) groups is 1. The van der Waals surface area contributed by atoms with E-state index in [1.807, 2.05) is 6.92 Å². The van der Waals surface area contributed by atoms with Crippen LogP contribution in [0.25, 0.3) is 0 Å². The molecule has 0 radical (unpaired) electrons. The van der Waals surface area contributed by atoms with Crippen LogP contribution in [0.1, 0.15) is 34.5 Å². The standard InChI is InChI=1S/C16H17ClFN3O/c1-10-12(8-19-20(10)2)16(22)21(11-6-7-11)9-13-14(17)4-3-5-15(13)18/h3-5,8,11H,6-7,9H2,1-2H3. The molecule has 1 saturated carbocycles. The molecule has 1 aliphatic rings. The van der Waals surface area contributed by atoms with E-state index in [-0.39, 0.29) is 24.3 Å². The van der Waals surface area contributed by atoms with E-state index in [1.165, 1.54) is 6.07 Å². The van der Waals surface area contributed by atoms with Crippen LogP contribution in [-0.4, -0.2) is 26.6 Å². The lowest BCUT2D eigenvalue weighted by molar-refractivity contribution is 0.0727. The van der Waals surface area contributed by atoms with E-state index in [1.54, 1.807) is 35.0 Å². The van der Waals surface area contributed by atoms with Gasteiger partial charge >= 0.3 is 0 Å². The van der Waals surface area contributed by atoms with Gasteiger partial charge in [-0.2, -0.15) is 5.10 Å². The molecule has 1 fully saturated rings. The Morgan fingerprint density at radius 2 is 2.23 bits per heavy atom. The van der Waals surface area contributed by atoms with Crippen molar-refractivity contribution in [2.45, 2.75) is 32.4 Å². The van der Waals surface area contributed by atoms with Crippen molar-refractivity contribution in [1.29, 1.82) is 0 Å². The molecule has 4 nitrogen and oxygen atoms in total. The van der Waals surface area contributed by atoms with Crippen molar-refractivity contribution in [2.24, 2.45) is 7.05 Å². The van der Waals surface area contributed by atoms with Gasteiger partial charge in [0.05, 0.1) is 18.3 Å². The van der Waals surface area contributed by atoms with Gasteiger partial charge in [-0.1, -0.05) is 17.7 Å². The Morgan fingerprint density at radius 1 is 1.50 bits per heavy atom. The summed E-state index contributed by atoms with van der Waals surface area (Å²) >= 11 is 6.09. The second-order valence-electron chi connectivity index (χ2n) is 5.63. The highest BCUT2D eigenvalue weighted by Gasteiger charge is 2.35. The molecule has 1 amide bonds. The second kappa shape index (κ2) is 5.72. The maximum atomic E-state index is 14.0. The smallest absolute Gasteiger partial charge is 0.257 e. The number of nitrogens with zero attached hydrogens (tertiary/aromatic N) is 3. The van der Waals surface area contributed by atoms with Crippen LogP contribution in [0, 0.1) is 12.7 Å². The number of amides is 1. The van der Waals surface area contributed by atoms with E-state index in [0.717, 1.165) is 18.5 Å². The molecule has 0 unspecified atom stereocenters. The summed E-state index contributed by atoms with van der Waals surface area (Å²) in [5, 5.41) is 4.46. The van der Waals surface area contributed by atoms with Gasteiger partial charge in [-0.05, 0) is 31.9 Å². The summed E-state index contributed by atoms with van der Waals surface area (Å²) in [5.74, 6) is -0.499. The number of rotatable bonds is 4. The molecule has 116 valence electrons. The molecule has 6 heteroatoms. The highest BCUT2D eigenvalue weighted by atomic mass is 35.5. The Hall–Kier alpha value is -1.88. The van der Waals surface area contributed by atoms with E-state index in [0.29, 0.717) is 16.1 Å². The monoisotopic (exact) mass is 321 g/mol. The van der Waals surface area contributed by atoms with Gasteiger partial charge in [-0.15, -0.1) is 0 Å². The van der Waals surface area contributed by atoms with Crippen molar-refractivity contribution in [2.75, 3.05) is 0 Å². The number of halogens is 2. The van der Waals surface area contributed by atoms with Crippen LogP contribution in [0.2, 0.25) is 5.02 Å². The van der Waals surface area contributed by atoms with Crippen LogP contribution in [-0.2, 0) is 13.6 Å². The van der Waals surface area contributed by atoms with Crippen molar-refractivity contribution in [3.05, 3.63) is 52.1 Å². The van der Waals surface area contributed by atoms with Gasteiger partial charge in [-0.3, -0.25) is 9.48 Å². The van der Waals surface area contributed by atoms with Crippen LogP contribution >= 0.6 is 11.6 Å². The number of hydrogen-bond acceptors (Lipinski definition) is 2. The SMILES string of the molecule is Cc1c(C(=O)N(Cc2c(F)cccc2Cl)C2CC2)cnn1C. The summed E-state index contributed by atoms with van der Waals surface area (Å²) in [4.78, 5) is 14.5. The summed E-state index contributed by atoms with van der Waals surface area (Å²) in [6.07, 6.45) is 3.45. The molecular weight excluding hydrogens is 305 g/mol. The van der Waals surface area contributed by atoms with Crippen LogP contribution in [0.15, 0.2) is 24.4 Å². The quantitative estimate of drug-likeness (QED) is 0.866. The second-order valence-corrected chi connectivity index (χ2v) is 6.04. The van der Waals surface area contributed by atoms with Gasteiger partial charge in [0, 0.05) is 29.4 Å². The largest absolute Gasteiger partial charge is 0.331 e. The molecule has 1 aromatic heterocycles. The molecule has 3 rings (SSSR count). The molecular formula is C16H17ClFN3O. The number of carbonyl (C=O) groups excluding carboxylic acids is 1. The Morgan fingerprint density at radius 3 is 2.77 bits per heavy atom. The third kappa shape index (κ3) is 2.73. The number of aryl methyl sites for hydroxylation is 1. The van der Waals surface area contributed by atoms with E-state index in [9.17, 15) is 9.18 Å². The lowest BCUT2D eigenvalue weighted by Gasteiger charge is -2.23. The Kier molecular flexibility index (Phi) is 3.91. The van der Waals surface area contributed by atoms with Crippen molar-refractivity contribution < 1.29 is 9.18 Å². The van der Waals surface area contributed by atoms with Gasteiger partial charge < -0.3 is 4.90 Å². The third-order valence-corrected chi connectivity index (χ3v) is 4.46. The van der Waals surface area contributed by atoms with E-state index >= 15 is 0 Å². The molecule has 1 aliphatic carbocycles. The van der Waals surface area contributed by atoms with Gasteiger partial charge in [0.2, 0.25) is 0 Å². The van der Waals surface area contributed by atoms with Gasteiger partial charge in [0.25, 0.3) is 5.91 Å². The average Bonchev–Trinajstić information content (AvgIpc) is 3.26. The van der Waals surface area contributed by atoms with Crippen molar-refractivity contribution >= 4 is 17.5 Å². The number of benzene rings is 1.